The van der Waals surface area contributed by atoms with Crippen LogP contribution in [0.4, 0.5) is 0 Å². The molecule has 3 aromatic heterocycles. The second kappa shape index (κ2) is 3.98. The fourth-order valence-corrected chi connectivity index (χ4v) is 2.82. The van der Waals surface area contributed by atoms with Crippen LogP contribution in [0.5, 0.6) is 0 Å². The van der Waals surface area contributed by atoms with Crippen LogP contribution in [0.15, 0.2) is 16.9 Å². The van der Waals surface area contributed by atoms with Gasteiger partial charge in [0.05, 0.1) is 33.3 Å². The van der Waals surface area contributed by atoms with Gasteiger partial charge in [-0.25, -0.2) is 9.78 Å². The zero-order valence-electron chi connectivity index (χ0n) is 11.3. The van der Waals surface area contributed by atoms with E-state index in [9.17, 15) is 4.79 Å². The molecular weight excluding hydrogens is 292 g/mol. The Balaban J connectivity index is 2.00. The number of fused-ring (bicyclic) bond motifs is 2. The highest BCUT2D eigenvalue weighted by molar-refractivity contribution is 6.32. The normalized spacial score (nSPS) is 11.8. The first kappa shape index (κ1) is 12.2. The first-order valence-corrected chi connectivity index (χ1v) is 6.72. The second-order valence-corrected chi connectivity index (χ2v) is 5.31. The van der Waals surface area contributed by atoms with Crippen molar-refractivity contribution < 1.29 is 0 Å². The Morgan fingerprint density at radius 2 is 1.86 bits per heavy atom. The molecule has 0 saturated heterocycles. The summed E-state index contributed by atoms with van der Waals surface area (Å²) in [6.45, 7) is 1.89. The first-order chi connectivity index (χ1) is 10.0. The Morgan fingerprint density at radius 3 is 2.52 bits per heavy atom. The van der Waals surface area contributed by atoms with Crippen LogP contribution in [0, 0.1) is 6.92 Å². The molecule has 0 aliphatic rings. The molecular formula is C13H11ClN6O. The summed E-state index contributed by atoms with van der Waals surface area (Å²) in [6, 6.07) is 3.67. The standard InChI is InChI=1S/C13H11ClN6O/c1-5-10(11(14)20(2)19-5)12-15-6-3-8-9(4-7(6)16-12)18-13(21)17-8/h3-4H,1-2H3,(H,15,16)(H2,17,18,21). The van der Waals surface area contributed by atoms with E-state index in [1.54, 1.807) is 11.7 Å². The topological polar surface area (TPSA) is 95.2 Å². The number of imidazole rings is 2. The van der Waals surface area contributed by atoms with Gasteiger partial charge in [-0.2, -0.15) is 5.10 Å². The third-order valence-corrected chi connectivity index (χ3v) is 3.94. The summed E-state index contributed by atoms with van der Waals surface area (Å²) in [4.78, 5) is 24.5. The first-order valence-electron chi connectivity index (χ1n) is 6.34. The van der Waals surface area contributed by atoms with E-state index >= 15 is 0 Å². The zero-order valence-corrected chi connectivity index (χ0v) is 12.0. The Hall–Kier alpha value is -2.54. The lowest BCUT2D eigenvalue weighted by molar-refractivity contribution is 0.757. The molecule has 0 atom stereocenters. The molecule has 0 unspecified atom stereocenters. The van der Waals surface area contributed by atoms with Gasteiger partial charge in [0, 0.05) is 7.05 Å². The molecule has 1 aromatic carbocycles. The molecule has 0 aliphatic carbocycles. The summed E-state index contributed by atoms with van der Waals surface area (Å²) in [7, 11) is 1.79. The summed E-state index contributed by atoms with van der Waals surface area (Å²) >= 11 is 6.27. The van der Waals surface area contributed by atoms with E-state index in [0.29, 0.717) is 11.0 Å². The predicted molar refractivity (Wildman–Crippen MR) is 80.5 cm³/mol. The smallest absolute Gasteiger partial charge is 0.323 e. The number of benzene rings is 1. The number of nitrogens with zero attached hydrogens (tertiary/aromatic N) is 3. The summed E-state index contributed by atoms with van der Waals surface area (Å²) in [5, 5.41) is 4.82. The van der Waals surface area contributed by atoms with Gasteiger partial charge < -0.3 is 15.0 Å². The van der Waals surface area contributed by atoms with E-state index in [1.807, 2.05) is 19.1 Å². The number of aryl methyl sites for hydroxylation is 2. The number of aromatic amines is 3. The third kappa shape index (κ3) is 1.71. The summed E-state index contributed by atoms with van der Waals surface area (Å²) < 4.78 is 1.61. The van der Waals surface area contributed by atoms with Crippen LogP contribution in [-0.2, 0) is 7.05 Å². The van der Waals surface area contributed by atoms with Crippen LogP contribution in [0.1, 0.15) is 5.69 Å². The zero-order chi connectivity index (χ0) is 14.7. The van der Waals surface area contributed by atoms with Crippen molar-refractivity contribution >= 4 is 33.7 Å². The van der Waals surface area contributed by atoms with Gasteiger partial charge in [-0.1, -0.05) is 11.6 Å². The minimum Gasteiger partial charge on any atom is -0.338 e. The van der Waals surface area contributed by atoms with Gasteiger partial charge in [-0.15, -0.1) is 0 Å². The minimum absolute atomic E-state index is 0.232. The number of hydrogen-bond donors (Lipinski definition) is 3. The number of rotatable bonds is 1. The molecule has 0 amide bonds. The molecule has 7 nitrogen and oxygen atoms in total. The fourth-order valence-electron chi connectivity index (χ4n) is 2.56. The highest BCUT2D eigenvalue weighted by Crippen LogP contribution is 2.30. The molecule has 3 N–H and O–H groups in total. The van der Waals surface area contributed by atoms with Crippen molar-refractivity contribution in [2.75, 3.05) is 0 Å². The van der Waals surface area contributed by atoms with E-state index in [-0.39, 0.29) is 5.69 Å². The van der Waals surface area contributed by atoms with Crippen molar-refractivity contribution in [1.29, 1.82) is 0 Å². The van der Waals surface area contributed by atoms with Gasteiger partial charge >= 0.3 is 5.69 Å². The molecule has 0 aliphatic heterocycles. The lowest BCUT2D eigenvalue weighted by Gasteiger charge is -1.94. The molecule has 4 rings (SSSR count). The minimum atomic E-state index is -0.232. The van der Waals surface area contributed by atoms with Crippen molar-refractivity contribution in [3.05, 3.63) is 33.5 Å². The Kier molecular flexibility index (Phi) is 2.32. The molecule has 0 fully saturated rings. The van der Waals surface area contributed by atoms with E-state index in [4.69, 9.17) is 11.6 Å². The fraction of sp³-hybridized carbons (Fsp3) is 0.154. The molecule has 0 bridgehead atoms. The van der Waals surface area contributed by atoms with Gasteiger partial charge in [0.25, 0.3) is 0 Å². The number of aromatic nitrogens is 6. The van der Waals surface area contributed by atoms with Crippen molar-refractivity contribution in [2.45, 2.75) is 6.92 Å². The maximum absolute atomic E-state index is 11.3. The summed E-state index contributed by atoms with van der Waals surface area (Å²) in [5.74, 6) is 0.663. The van der Waals surface area contributed by atoms with Crippen LogP contribution < -0.4 is 5.69 Å². The van der Waals surface area contributed by atoms with E-state index in [0.717, 1.165) is 33.3 Å². The molecule has 21 heavy (non-hydrogen) atoms. The number of nitrogens with one attached hydrogen (secondary N) is 3. The van der Waals surface area contributed by atoms with E-state index in [1.165, 1.54) is 0 Å². The molecule has 0 saturated carbocycles. The second-order valence-electron chi connectivity index (χ2n) is 4.95. The monoisotopic (exact) mass is 302 g/mol. The third-order valence-electron chi connectivity index (χ3n) is 3.51. The van der Waals surface area contributed by atoms with Gasteiger partial charge in [-0.05, 0) is 19.1 Å². The summed E-state index contributed by atoms with van der Waals surface area (Å²) in [6.07, 6.45) is 0. The Labute approximate surface area is 123 Å². The SMILES string of the molecule is Cc1nn(C)c(Cl)c1-c1nc2cc3[nH]c(=O)[nH]c3cc2[nH]1. The molecule has 0 spiro atoms. The quantitative estimate of drug-likeness (QED) is 0.502. The predicted octanol–water partition coefficient (Wildman–Crippen LogP) is 2.09. The Morgan fingerprint density at radius 1 is 1.14 bits per heavy atom. The number of hydrogen-bond acceptors (Lipinski definition) is 3. The molecule has 4 aromatic rings. The van der Waals surface area contributed by atoms with E-state index in [2.05, 4.69) is 25.0 Å². The lowest BCUT2D eigenvalue weighted by atomic mass is 10.2. The van der Waals surface area contributed by atoms with Crippen LogP contribution >= 0.6 is 11.6 Å². The maximum atomic E-state index is 11.3. The highest BCUT2D eigenvalue weighted by Gasteiger charge is 2.17. The van der Waals surface area contributed by atoms with Crippen LogP contribution in [0.2, 0.25) is 5.15 Å². The summed E-state index contributed by atoms with van der Waals surface area (Å²) in [5.41, 5.74) is 4.40. The van der Waals surface area contributed by atoms with Gasteiger partial charge in [0.2, 0.25) is 0 Å². The molecule has 106 valence electrons. The van der Waals surface area contributed by atoms with Crippen molar-refractivity contribution in [2.24, 2.45) is 7.05 Å². The average molecular weight is 303 g/mol. The molecule has 3 heterocycles. The largest absolute Gasteiger partial charge is 0.338 e. The average Bonchev–Trinajstić information content (AvgIpc) is 3.02. The van der Waals surface area contributed by atoms with Crippen LogP contribution in [-0.4, -0.2) is 29.7 Å². The number of H-pyrrole nitrogens is 3. The maximum Gasteiger partial charge on any atom is 0.323 e. The van der Waals surface area contributed by atoms with Crippen molar-refractivity contribution in [3.63, 3.8) is 0 Å². The highest BCUT2D eigenvalue weighted by atomic mass is 35.5. The Bertz CT molecular complexity index is 996. The van der Waals surface area contributed by atoms with Gasteiger partial charge in [0.1, 0.15) is 11.0 Å². The molecule has 8 heteroatoms. The van der Waals surface area contributed by atoms with Gasteiger partial charge in [0.15, 0.2) is 0 Å². The van der Waals surface area contributed by atoms with E-state index < -0.39 is 0 Å². The van der Waals surface area contributed by atoms with Crippen LogP contribution in [0.25, 0.3) is 33.5 Å². The molecule has 0 radical (unpaired) electrons. The van der Waals surface area contributed by atoms with Crippen molar-refractivity contribution in [3.8, 4) is 11.4 Å². The van der Waals surface area contributed by atoms with Crippen LogP contribution in [0.3, 0.4) is 0 Å². The van der Waals surface area contributed by atoms with Crippen molar-refractivity contribution in [1.82, 2.24) is 29.7 Å². The number of halogens is 1. The van der Waals surface area contributed by atoms with Gasteiger partial charge in [-0.3, -0.25) is 4.68 Å². The lowest BCUT2D eigenvalue weighted by Crippen LogP contribution is -1.99.